The van der Waals surface area contributed by atoms with E-state index in [1.807, 2.05) is 13.8 Å². The largest absolute Gasteiger partial charge is 0.449 e. The lowest BCUT2D eigenvalue weighted by Crippen LogP contribution is -2.28. The number of hydrogen-bond acceptors (Lipinski definition) is 3. The van der Waals surface area contributed by atoms with E-state index in [0.717, 1.165) is 11.3 Å². The fourth-order valence-electron chi connectivity index (χ4n) is 1.29. The molecule has 0 unspecified atom stereocenters. The molecule has 1 aromatic rings. The molecule has 0 aliphatic heterocycles. The maximum absolute atomic E-state index is 11.7. The topological polar surface area (TPSA) is 55.6 Å². The monoisotopic (exact) mass is 266 g/mol. The van der Waals surface area contributed by atoms with Gasteiger partial charge in [-0.2, -0.15) is 0 Å². The summed E-state index contributed by atoms with van der Waals surface area (Å²) in [4.78, 5) is 13.5. The fourth-order valence-corrected chi connectivity index (χ4v) is 1.43. The van der Waals surface area contributed by atoms with E-state index in [4.69, 9.17) is 22.7 Å². The Morgan fingerprint density at radius 1 is 1.39 bits per heavy atom. The number of benzene rings is 1. The Kier molecular flexibility index (Phi) is 5.09. The molecule has 0 saturated heterocycles. The maximum Gasteiger partial charge on any atom is 0.414 e. The SMILES string of the molecule is CC(C)COC(=O)N(C)c1ccc(C(N)=S)cc1. The zero-order valence-electron chi connectivity index (χ0n) is 10.8. The summed E-state index contributed by atoms with van der Waals surface area (Å²) in [5, 5.41) is 0. The zero-order chi connectivity index (χ0) is 13.7. The highest BCUT2D eigenvalue weighted by molar-refractivity contribution is 7.80. The Balaban J connectivity index is 2.68. The van der Waals surface area contributed by atoms with Crippen LogP contribution < -0.4 is 10.6 Å². The van der Waals surface area contributed by atoms with Crippen molar-refractivity contribution in [1.82, 2.24) is 0 Å². The van der Waals surface area contributed by atoms with Crippen molar-refractivity contribution >= 4 is 29.0 Å². The molecule has 2 N–H and O–H groups in total. The molecule has 1 amide bonds. The summed E-state index contributed by atoms with van der Waals surface area (Å²) in [5.41, 5.74) is 7.02. The molecular weight excluding hydrogens is 248 g/mol. The van der Waals surface area contributed by atoms with E-state index in [1.165, 1.54) is 4.90 Å². The lowest BCUT2D eigenvalue weighted by atomic mass is 10.2. The molecule has 1 rings (SSSR count). The first-order valence-corrected chi connectivity index (χ1v) is 6.13. The van der Waals surface area contributed by atoms with Gasteiger partial charge in [-0.05, 0) is 30.2 Å². The summed E-state index contributed by atoms with van der Waals surface area (Å²) >= 11 is 4.87. The first-order valence-electron chi connectivity index (χ1n) is 5.72. The predicted molar refractivity (Wildman–Crippen MR) is 76.9 cm³/mol. The summed E-state index contributed by atoms with van der Waals surface area (Å²) in [6.45, 7) is 4.39. The quantitative estimate of drug-likeness (QED) is 0.851. The highest BCUT2D eigenvalue weighted by atomic mass is 32.1. The van der Waals surface area contributed by atoms with Crippen molar-refractivity contribution in [1.29, 1.82) is 0 Å². The normalized spacial score (nSPS) is 10.2. The second-order valence-electron chi connectivity index (χ2n) is 4.44. The number of amides is 1. The van der Waals surface area contributed by atoms with Crippen LogP contribution in [0, 0.1) is 5.92 Å². The van der Waals surface area contributed by atoms with Gasteiger partial charge in [0.05, 0.1) is 6.61 Å². The van der Waals surface area contributed by atoms with Crippen molar-refractivity contribution in [3.63, 3.8) is 0 Å². The van der Waals surface area contributed by atoms with Gasteiger partial charge < -0.3 is 10.5 Å². The van der Waals surface area contributed by atoms with Crippen molar-refractivity contribution in [2.75, 3.05) is 18.6 Å². The summed E-state index contributed by atoms with van der Waals surface area (Å²) < 4.78 is 5.13. The van der Waals surface area contributed by atoms with Crippen molar-refractivity contribution in [2.24, 2.45) is 11.7 Å². The number of carbonyl (C=O) groups excluding carboxylic acids is 1. The molecule has 98 valence electrons. The zero-order valence-corrected chi connectivity index (χ0v) is 11.7. The van der Waals surface area contributed by atoms with Crippen LogP contribution >= 0.6 is 12.2 Å². The lowest BCUT2D eigenvalue weighted by Gasteiger charge is -2.18. The van der Waals surface area contributed by atoms with Crippen molar-refractivity contribution < 1.29 is 9.53 Å². The van der Waals surface area contributed by atoms with E-state index in [-0.39, 0.29) is 6.09 Å². The standard InChI is InChI=1S/C13H18N2O2S/c1-9(2)8-17-13(16)15(3)11-6-4-10(5-7-11)12(14)18/h4-7,9H,8H2,1-3H3,(H2,14,18). The van der Waals surface area contributed by atoms with Crippen LogP contribution in [0.3, 0.4) is 0 Å². The number of nitrogens with zero attached hydrogens (tertiary/aromatic N) is 1. The Labute approximate surface area is 113 Å². The van der Waals surface area contributed by atoms with Crippen LogP contribution in [0.25, 0.3) is 0 Å². The molecule has 0 aliphatic rings. The van der Waals surface area contributed by atoms with E-state index in [0.29, 0.717) is 17.5 Å². The molecule has 0 aromatic heterocycles. The van der Waals surface area contributed by atoms with Gasteiger partial charge in [-0.25, -0.2) is 4.79 Å². The number of thiocarbonyl (C=S) groups is 1. The van der Waals surface area contributed by atoms with Gasteiger partial charge in [0.1, 0.15) is 4.99 Å². The molecule has 0 saturated carbocycles. The van der Waals surface area contributed by atoms with Crippen LogP contribution in [0.1, 0.15) is 19.4 Å². The van der Waals surface area contributed by atoms with Crippen LogP contribution in [0.15, 0.2) is 24.3 Å². The maximum atomic E-state index is 11.7. The van der Waals surface area contributed by atoms with Crippen molar-refractivity contribution in [3.8, 4) is 0 Å². The number of hydrogen-bond donors (Lipinski definition) is 1. The molecule has 0 spiro atoms. The first-order chi connectivity index (χ1) is 8.41. The molecule has 4 nitrogen and oxygen atoms in total. The number of carbonyl (C=O) groups is 1. The second-order valence-corrected chi connectivity index (χ2v) is 4.88. The van der Waals surface area contributed by atoms with Crippen LogP contribution in [0.2, 0.25) is 0 Å². The third-order valence-corrected chi connectivity index (χ3v) is 2.59. The van der Waals surface area contributed by atoms with Crippen molar-refractivity contribution in [3.05, 3.63) is 29.8 Å². The van der Waals surface area contributed by atoms with E-state index >= 15 is 0 Å². The van der Waals surface area contributed by atoms with Crippen LogP contribution in [-0.4, -0.2) is 24.7 Å². The van der Waals surface area contributed by atoms with Gasteiger partial charge in [0, 0.05) is 18.3 Å². The smallest absolute Gasteiger partial charge is 0.414 e. The Morgan fingerprint density at radius 2 is 1.94 bits per heavy atom. The van der Waals surface area contributed by atoms with Gasteiger partial charge in [-0.15, -0.1) is 0 Å². The molecule has 1 aromatic carbocycles. The van der Waals surface area contributed by atoms with Crippen molar-refractivity contribution in [2.45, 2.75) is 13.8 Å². The molecule has 0 fully saturated rings. The van der Waals surface area contributed by atoms with Gasteiger partial charge >= 0.3 is 6.09 Å². The minimum atomic E-state index is -0.369. The third-order valence-electron chi connectivity index (χ3n) is 2.35. The molecule has 0 bridgehead atoms. The number of nitrogens with two attached hydrogens (primary N) is 1. The van der Waals surface area contributed by atoms with Gasteiger partial charge in [0.15, 0.2) is 0 Å². The second kappa shape index (κ2) is 6.35. The minimum absolute atomic E-state index is 0.319. The molecule has 0 atom stereocenters. The number of rotatable bonds is 4. The average molecular weight is 266 g/mol. The number of ether oxygens (including phenoxy) is 1. The third kappa shape index (κ3) is 4.00. The highest BCUT2D eigenvalue weighted by Gasteiger charge is 2.12. The van der Waals surface area contributed by atoms with Gasteiger partial charge in [0.25, 0.3) is 0 Å². The van der Waals surface area contributed by atoms with Gasteiger partial charge in [0.2, 0.25) is 0 Å². The Morgan fingerprint density at radius 3 is 2.39 bits per heavy atom. The van der Waals surface area contributed by atoms with Crippen LogP contribution in [0.5, 0.6) is 0 Å². The highest BCUT2D eigenvalue weighted by Crippen LogP contribution is 2.15. The summed E-state index contributed by atoms with van der Waals surface area (Å²) in [6.07, 6.45) is -0.369. The van der Waals surface area contributed by atoms with E-state index in [9.17, 15) is 4.79 Å². The summed E-state index contributed by atoms with van der Waals surface area (Å²) in [5.74, 6) is 0.319. The first kappa shape index (κ1) is 14.4. The lowest BCUT2D eigenvalue weighted by molar-refractivity contribution is 0.141. The van der Waals surface area contributed by atoms with Crippen LogP contribution in [-0.2, 0) is 4.74 Å². The minimum Gasteiger partial charge on any atom is -0.449 e. The number of anilines is 1. The Hall–Kier alpha value is -1.62. The molecule has 18 heavy (non-hydrogen) atoms. The van der Waals surface area contributed by atoms with E-state index < -0.39 is 0 Å². The van der Waals surface area contributed by atoms with Gasteiger partial charge in [-0.3, -0.25) is 4.90 Å². The van der Waals surface area contributed by atoms with E-state index in [1.54, 1.807) is 31.3 Å². The molecule has 0 radical (unpaired) electrons. The Bertz CT molecular complexity index is 429. The fraction of sp³-hybridized carbons (Fsp3) is 0.385. The molecule has 5 heteroatoms. The predicted octanol–water partition coefficient (Wildman–Crippen LogP) is 2.55. The molecule has 0 heterocycles. The van der Waals surface area contributed by atoms with Gasteiger partial charge in [-0.1, -0.05) is 26.1 Å². The summed E-state index contributed by atoms with van der Waals surface area (Å²) in [7, 11) is 1.67. The van der Waals surface area contributed by atoms with E-state index in [2.05, 4.69) is 0 Å². The molecular formula is C13H18N2O2S. The molecule has 0 aliphatic carbocycles. The van der Waals surface area contributed by atoms with Crippen LogP contribution in [0.4, 0.5) is 10.5 Å². The average Bonchev–Trinajstić information content (AvgIpc) is 2.35. The summed E-state index contributed by atoms with van der Waals surface area (Å²) in [6, 6.07) is 7.13.